The van der Waals surface area contributed by atoms with Crippen LogP contribution in [0.15, 0.2) is 71.8 Å². The van der Waals surface area contributed by atoms with Gasteiger partial charge in [0.05, 0.1) is 28.9 Å². The predicted molar refractivity (Wildman–Crippen MR) is 106 cm³/mol. The Bertz CT molecular complexity index is 1070. The summed E-state index contributed by atoms with van der Waals surface area (Å²) in [4.78, 5) is 0. The highest BCUT2D eigenvalue weighted by Gasteiger charge is 2.29. The molecule has 0 saturated carbocycles. The number of hydrazone groups is 1. The van der Waals surface area contributed by atoms with Gasteiger partial charge in [-0.25, -0.2) is 0 Å². The minimum absolute atomic E-state index is 0.126. The van der Waals surface area contributed by atoms with Crippen molar-refractivity contribution in [1.82, 2.24) is 0 Å². The number of hydrogen-bond donors (Lipinski definition) is 3. The number of nitrogens with zero attached hydrogens (tertiary/aromatic N) is 2. The Balaban J connectivity index is 1.72. The second-order valence-electron chi connectivity index (χ2n) is 6.43. The maximum atomic E-state index is 9.76. The van der Waals surface area contributed by atoms with Gasteiger partial charge in [-0.3, -0.25) is 5.43 Å². The van der Waals surface area contributed by atoms with E-state index in [-0.39, 0.29) is 17.4 Å². The van der Waals surface area contributed by atoms with Crippen LogP contribution in [0.1, 0.15) is 22.6 Å². The van der Waals surface area contributed by atoms with Gasteiger partial charge in [-0.1, -0.05) is 12.1 Å². The minimum atomic E-state index is -0.150. The molecule has 0 amide bonds. The number of fused-ring (bicyclic) bond motifs is 1. The molecule has 6 heteroatoms. The maximum Gasteiger partial charge on any atom is 0.132 e. The van der Waals surface area contributed by atoms with Crippen LogP contribution in [0, 0.1) is 11.3 Å². The quantitative estimate of drug-likeness (QED) is 0.606. The van der Waals surface area contributed by atoms with Crippen LogP contribution < -0.4 is 10.2 Å². The lowest BCUT2D eigenvalue weighted by Gasteiger charge is -2.27. The lowest BCUT2D eigenvalue weighted by Crippen LogP contribution is -2.27. The molecule has 1 heterocycles. The van der Waals surface area contributed by atoms with Crippen molar-refractivity contribution in [2.24, 2.45) is 5.10 Å². The zero-order chi connectivity index (χ0) is 19.5. The molecule has 0 bridgehead atoms. The van der Waals surface area contributed by atoms with Gasteiger partial charge in [-0.15, -0.1) is 0 Å². The second-order valence-corrected chi connectivity index (χ2v) is 6.43. The summed E-state index contributed by atoms with van der Waals surface area (Å²) in [6.45, 7) is 0.356. The summed E-state index contributed by atoms with van der Waals surface area (Å²) < 4.78 is 5.85. The number of rotatable bonds is 3. The molecule has 1 unspecified atom stereocenters. The molecule has 3 aromatic rings. The number of hydrogen-bond acceptors (Lipinski definition) is 6. The van der Waals surface area contributed by atoms with Gasteiger partial charge in [-0.2, -0.15) is 10.4 Å². The number of benzene rings is 3. The third-order valence-electron chi connectivity index (χ3n) is 4.59. The van der Waals surface area contributed by atoms with Crippen molar-refractivity contribution in [2.75, 3.05) is 12.0 Å². The molecule has 4 rings (SSSR count). The van der Waals surface area contributed by atoms with Crippen LogP contribution in [0.4, 0.5) is 5.69 Å². The minimum Gasteiger partial charge on any atom is -0.508 e. The number of ether oxygens (including phenoxy) is 1. The largest absolute Gasteiger partial charge is 0.508 e. The Morgan fingerprint density at radius 3 is 2.39 bits per heavy atom. The first-order valence-corrected chi connectivity index (χ1v) is 8.73. The molecule has 3 N–H and O–H groups in total. The summed E-state index contributed by atoms with van der Waals surface area (Å²) in [5, 5.41) is 32.9. The Labute approximate surface area is 162 Å². The van der Waals surface area contributed by atoms with Crippen LogP contribution in [0.3, 0.4) is 0 Å². The molecule has 1 aliphatic heterocycles. The highest BCUT2D eigenvalue weighted by Crippen LogP contribution is 2.35. The summed E-state index contributed by atoms with van der Waals surface area (Å²) in [5.41, 5.74) is 6.87. The van der Waals surface area contributed by atoms with Gasteiger partial charge in [0, 0.05) is 11.6 Å². The van der Waals surface area contributed by atoms with Crippen molar-refractivity contribution >= 4 is 11.4 Å². The van der Waals surface area contributed by atoms with Crippen molar-refractivity contribution in [1.29, 1.82) is 5.26 Å². The van der Waals surface area contributed by atoms with Crippen LogP contribution in [-0.2, 0) is 0 Å². The molecule has 0 saturated heterocycles. The van der Waals surface area contributed by atoms with Crippen molar-refractivity contribution in [3.05, 3.63) is 83.4 Å². The van der Waals surface area contributed by atoms with Crippen LogP contribution in [0.5, 0.6) is 17.2 Å². The Morgan fingerprint density at radius 2 is 1.68 bits per heavy atom. The molecular formula is C22H17N3O3. The summed E-state index contributed by atoms with van der Waals surface area (Å²) in [6, 6.07) is 21.0. The molecular weight excluding hydrogens is 354 g/mol. The number of phenolic OH excluding ortho intramolecular Hbond substituents is 2. The van der Waals surface area contributed by atoms with Crippen LogP contribution >= 0.6 is 0 Å². The second kappa shape index (κ2) is 7.33. The first kappa shape index (κ1) is 17.4. The molecule has 1 atom stereocenters. The average molecular weight is 371 g/mol. The first-order chi connectivity index (χ1) is 13.6. The number of anilines is 1. The third kappa shape index (κ3) is 3.46. The summed E-state index contributed by atoms with van der Waals surface area (Å²) in [6.07, 6.45) is 0. The van der Waals surface area contributed by atoms with Crippen LogP contribution in [0.2, 0.25) is 0 Å². The van der Waals surface area contributed by atoms with E-state index in [1.807, 2.05) is 12.1 Å². The van der Waals surface area contributed by atoms with Crippen molar-refractivity contribution in [2.45, 2.75) is 5.92 Å². The van der Waals surface area contributed by atoms with E-state index in [2.05, 4.69) is 16.6 Å². The van der Waals surface area contributed by atoms with Gasteiger partial charge in [0.25, 0.3) is 0 Å². The highest BCUT2D eigenvalue weighted by atomic mass is 16.5. The molecule has 0 aromatic heterocycles. The molecule has 138 valence electrons. The van der Waals surface area contributed by atoms with Crippen molar-refractivity contribution < 1.29 is 14.9 Å². The zero-order valence-electron chi connectivity index (χ0n) is 14.8. The van der Waals surface area contributed by atoms with Gasteiger partial charge >= 0.3 is 0 Å². The number of phenols is 2. The van der Waals surface area contributed by atoms with E-state index in [0.717, 1.165) is 22.5 Å². The molecule has 3 aromatic carbocycles. The summed E-state index contributed by atoms with van der Waals surface area (Å²) >= 11 is 0. The Hall–Kier alpha value is -3.98. The van der Waals surface area contributed by atoms with Crippen LogP contribution in [-0.4, -0.2) is 22.5 Å². The fraction of sp³-hybridized carbons (Fsp3) is 0.0909. The van der Waals surface area contributed by atoms with E-state index in [9.17, 15) is 10.2 Å². The van der Waals surface area contributed by atoms with E-state index in [1.54, 1.807) is 54.6 Å². The lowest BCUT2D eigenvalue weighted by molar-refractivity contribution is 0.300. The highest BCUT2D eigenvalue weighted by molar-refractivity contribution is 6.08. The van der Waals surface area contributed by atoms with E-state index in [4.69, 9.17) is 10.00 Å². The van der Waals surface area contributed by atoms with Gasteiger partial charge in [0.2, 0.25) is 0 Å². The van der Waals surface area contributed by atoms with E-state index < -0.39 is 0 Å². The Morgan fingerprint density at radius 1 is 0.964 bits per heavy atom. The van der Waals surface area contributed by atoms with Gasteiger partial charge in [0.15, 0.2) is 0 Å². The monoisotopic (exact) mass is 371 g/mol. The van der Waals surface area contributed by atoms with Crippen molar-refractivity contribution in [3.8, 4) is 23.3 Å². The van der Waals surface area contributed by atoms with Crippen LogP contribution in [0.25, 0.3) is 0 Å². The molecule has 6 nitrogen and oxygen atoms in total. The molecule has 0 radical (unpaired) electrons. The standard InChI is InChI=1S/C22H17N3O3/c23-12-14-1-5-16(6-2-14)24-25-22-19-10-9-18(27)11-21(19)28-13-20(22)15-3-7-17(26)8-4-15/h1-11,20,24,26-27H,13H2. The first-order valence-electron chi connectivity index (χ1n) is 8.73. The molecule has 0 fully saturated rings. The van der Waals surface area contributed by atoms with E-state index in [1.165, 1.54) is 0 Å². The topological polar surface area (TPSA) is 97.9 Å². The van der Waals surface area contributed by atoms with Gasteiger partial charge < -0.3 is 14.9 Å². The van der Waals surface area contributed by atoms with Gasteiger partial charge in [0.1, 0.15) is 23.9 Å². The van der Waals surface area contributed by atoms with E-state index >= 15 is 0 Å². The molecule has 1 aliphatic rings. The van der Waals surface area contributed by atoms with Crippen molar-refractivity contribution in [3.63, 3.8) is 0 Å². The predicted octanol–water partition coefficient (Wildman–Crippen LogP) is 3.96. The maximum absolute atomic E-state index is 9.76. The van der Waals surface area contributed by atoms with E-state index in [0.29, 0.717) is 17.9 Å². The SMILES string of the molecule is N#Cc1ccc(NN=C2c3ccc(O)cc3OCC2c2ccc(O)cc2)cc1. The lowest BCUT2D eigenvalue weighted by atomic mass is 9.88. The third-order valence-corrected chi connectivity index (χ3v) is 4.59. The molecule has 0 aliphatic carbocycles. The van der Waals surface area contributed by atoms with Gasteiger partial charge in [-0.05, 0) is 54.1 Å². The molecule has 28 heavy (non-hydrogen) atoms. The fourth-order valence-corrected chi connectivity index (χ4v) is 3.12. The fourth-order valence-electron chi connectivity index (χ4n) is 3.12. The smallest absolute Gasteiger partial charge is 0.132 e. The summed E-state index contributed by atoms with van der Waals surface area (Å²) in [7, 11) is 0. The zero-order valence-corrected chi connectivity index (χ0v) is 14.8. The normalized spacial score (nSPS) is 16.7. The number of nitriles is 1. The number of aromatic hydroxyl groups is 2. The number of nitrogens with one attached hydrogen (secondary N) is 1. The molecule has 0 spiro atoms. The average Bonchev–Trinajstić information content (AvgIpc) is 2.73. The Kier molecular flexibility index (Phi) is 4.56. The summed E-state index contributed by atoms with van der Waals surface area (Å²) in [5.74, 6) is 0.736.